The topological polar surface area (TPSA) is 26.3 Å². The fourth-order valence-electron chi connectivity index (χ4n) is 1.82. The second-order valence-electron chi connectivity index (χ2n) is 4.17. The SMILES string of the molecule is COc1ccc(CC(=O)c2cccc(Cl)c2F)cc1Br. The summed E-state index contributed by atoms with van der Waals surface area (Å²) in [6.07, 6.45) is 0.0971. The Morgan fingerprint density at radius 2 is 2.10 bits per heavy atom. The van der Waals surface area contributed by atoms with Crippen molar-refractivity contribution in [1.82, 2.24) is 0 Å². The van der Waals surface area contributed by atoms with Gasteiger partial charge in [-0.05, 0) is 45.8 Å². The van der Waals surface area contributed by atoms with Gasteiger partial charge in [0, 0.05) is 6.42 Å². The van der Waals surface area contributed by atoms with Gasteiger partial charge in [-0.15, -0.1) is 0 Å². The highest BCUT2D eigenvalue weighted by molar-refractivity contribution is 9.10. The molecular weight excluding hydrogens is 347 g/mol. The Morgan fingerprint density at radius 1 is 1.35 bits per heavy atom. The Kier molecular flexibility index (Phi) is 4.78. The van der Waals surface area contributed by atoms with Crippen LogP contribution in [0.1, 0.15) is 15.9 Å². The van der Waals surface area contributed by atoms with Gasteiger partial charge < -0.3 is 4.74 Å². The van der Waals surface area contributed by atoms with Crippen molar-refractivity contribution in [3.8, 4) is 5.75 Å². The maximum atomic E-state index is 13.8. The fourth-order valence-corrected chi connectivity index (χ4v) is 2.58. The van der Waals surface area contributed by atoms with E-state index in [1.165, 1.54) is 12.1 Å². The standard InChI is InChI=1S/C15H11BrClFO2/c1-20-14-6-5-9(7-11(14)16)8-13(19)10-3-2-4-12(17)15(10)18/h2-7H,8H2,1H3. The average Bonchev–Trinajstić information content (AvgIpc) is 2.42. The Hall–Kier alpha value is -1.39. The molecule has 2 aromatic carbocycles. The van der Waals surface area contributed by atoms with Gasteiger partial charge in [0.1, 0.15) is 5.75 Å². The first kappa shape index (κ1) is 15.0. The molecule has 0 saturated carbocycles. The number of ether oxygens (including phenoxy) is 1. The molecule has 2 aromatic rings. The summed E-state index contributed by atoms with van der Waals surface area (Å²) in [5, 5.41) is -0.0493. The largest absolute Gasteiger partial charge is 0.496 e. The van der Waals surface area contributed by atoms with Crippen LogP contribution in [0, 0.1) is 5.82 Å². The van der Waals surface area contributed by atoms with Gasteiger partial charge >= 0.3 is 0 Å². The molecule has 0 atom stereocenters. The molecule has 0 aliphatic heterocycles. The van der Waals surface area contributed by atoms with E-state index in [9.17, 15) is 9.18 Å². The van der Waals surface area contributed by atoms with E-state index in [2.05, 4.69) is 15.9 Å². The minimum atomic E-state index is -0.674. The molecule has 0 aliphatic carbocycles. The highest BCUT2D eigenvalue weighted by Crippen LogP contribution is 2.26. The molecule has 0 aromatic heterocycles. The first-order chi connectivity index (χ1) is 9.52. The van der Waals surface area contributed by atoms with Crippen molar-refractivity contribution < 1.29 is 13.9 Å². The molecule has 0 N–H and O–H groups in total. The Morgan fingerprint density at radius 3 is 2.75 bits per heavy atom. The predicted molar refractivity (Wildman–Crippen MR) is 80.1 cm³/mol. The minimum Gasteiger partial charge on any atom is -0.496 e. The van der Waals surface area contributed by atoms with Crippen molar-refractivity contribution in [2.75, 3.05) is 7.11 Å². The zero-order valence-electron chi connectivity index (χ0n) is 10.6. The summed E-state index contributed by atoms with van der Waals surface area (Å²) in [6, 6.07) is 9.70. The van der Waals surface area contributed by atoms with Gasteiger partial charge in [-0.2, -0.15) is 0 Å². The van der Waals surface area contributed by atoms with Gasteiger partial charge in [-0.3, -0.25) is 4.79 Å². The predicted octanol–water partition coefficient (Wildman–Crippen LogP) is 4.68. The molecule has 0 fully saturated rings. The molecule has 0 aliphatic rings. The number of carbonyl (C=O) groups is 1. The summed E-state index contributed by atoms with van der Waals surface area (Å²) in [4.78, 5) is 12.1. The molecule has 2 rings (SSSR count). The van der Waals surface area contributed by atoms with Crippen LogP contribution in [0.25, 0.3) is 0 Å². The zero-order valence-corrected chi connectivity index (χ0v) is 13.0. The lowest BCUT2D eigenvalue weighted by atomic mass is 10.0. The Bertz CT molecular complexity index is 658. The van der Waals surface area contributed by atoms with Crippen molar-refractivity contribution >= 4 is 33.3 Å². The fraction of sp³-hybridized carbons (Fsp3) is 0.133. The molecule has 104 valence electrons. The second kappa shape index (κ2) is 6.37. The van der Waals surface area contributed by atoms with Gasteiger partial charge in [0.15, 0.2) is 11.6 Å². The van der Waals surface area contributed by atoms with E-state index in [1.807, 2.05) is 0 Å². The summed E-state index contributed by atoms with van der Waals surface area (Å²) in [5.41, 5.74) is 0.770. The number of halogens is 3. The normalized spacial score (nSPS) is 10.4. The number of Topliss-reactive ketones (excluding diaryl/α,β-unsaturated/α-hetero) is 1. The number of benzene rings is 2. The van der Waals surface area contributed by atoms with Gasteiger partial charge in [0.2, 0.25) is 0 Å². The van der Waals surface area contributed by atoms with Crippen molar-refractivity contribution in [3.05, 3.63) is 62.8 Å². The van der Waals surface area contributed by atoms with Gasteiger partial charge in [-0.25, -0.2) is 4.39 Å². The third-order valence-corrected chi connectivity index (χ3v) is 3.74. The van der Waals surface area contributed by atoms with Crippen LogP contribution in [-0.2, 0) is 6.42 Å². The van der Waals surface area contributed by atoms with Gasteiger partial charge in [0.25, 0.3) is 0 Å². The highest BCUT2D eigenvalue weighted by Gasteiger charge is 2.15. The number of methoxy groups -OCH3 is 1. The quantitative estimate of drug-likeness (QED) is 0.743. The highest BCUT2D eigenvalue weighted by atomic mass is 79.9. The Labute approximate surface area is 129 Å². The van der Waals surface area contributed by atoms with Crippen LogP contribution in [0.2, 0.25) is 5.02 Å². The summed E-state index contributed by atoms with van der Waals surface area (Å²) in [7, 11) is 1.56. The number of hydrogen-bond donors (Lipinski definition) is 0. The first-order valence-corrected chi connectivity index (χ1v) is 6.99. The van der Waals surface area contributed by atoms with E-state index in [0.717, 1.165) is 10.0 Å². The van der Waals surface area contributed by atoms with E-state index in [4.69, 9.17) is 16.3 Å². The molecule has 0 spiro atoms. The van der Waals surface area contributed by atoms with Crippen molar-refractivity contribution in [2.24, 2.45) is 0 Å². The molecule has 0 amide bonds. The lowest BCUT2D eigenvalue weighted by Crippen LogP contribution is -2.06. The second-order valence-corrected chi connectivity index (χ2v) is 5.43. The average molecular weight is 358 g/mol. The van der Waals surface area contributed by atoms with Gasteiger partial charge in [-0.1, -0.05) is 23.7 Å². The Balaban J connectivity index is 2.24. The summed E-state index contributed by atoms with van der Waals surface area (Å²) in [6.45, 7) is 0. The van der Waals surface area contributed by atoms with E-state index in [0.29, 0.717) is 5.75 Å². The summed E-state index contributed by atoms with van der Waals surface area (Å²) < 4.78 is 19.6. The van der Waals surface area contributed by atoms with Gasteiger partial charge in [0.05, 0.1) is 22.2 Å². The molecule has 0 saturated heterocycles. The van der Waals surface area contributed by atoms with Crippen LogP contribution in [-0.4, -0.2) is 12.9 Å². The molecule has 2 nitrogen and oxygen atoms in total. The molecular formula is C15H11BrClFO2. The zero-order chi connectivity index (χ0) is 14.7. The van der Waals surface area contributed by atoms with Crippen LogP contribution in [0.5, 0.6) is 5.75 Å². The molecule has 0 unspecified atom stereocenters. The van der Waals surface area contributed by atoms with Crippen LogP contribution in [0.3, 0.4) is 0 Å². The maximum Gasteiger partial charge on any atom is 0.170 e. The number of rotatable bonds is 4. The molecule has 0 radical (unpaired) electrons. The first-order valence-electron chi connectivity index (χ1n) is 5.82. The minimum absolute atomic E-state index is 0.00411. The molecule has 20 heavy (non-hydrogen) atoms. The monoisotopic (exact) mass is 356 g/mol. The lowest BCUT2D eigenvalue weighted by Gasteiger charge is -2.07. The lowest BCUT2D eigenvalue weighted by molar-refractivity contribution is 0.0989. The van der Waals surface area contributed by atoms with Crippen molar-refractivity contribution in [1.29, 1.82) is 0 Å². The number of hydrogen-bond acceptors (Lipinski definition) is 2. The smallest absolute Gasteiger partial charge is 0.170 e. The van der Waals surface area contributed by atoms with E-state index < -0.39 is 5.82 Å². The van der Waals surface area contributed by atoms with Crippen LogP contribution in [0.4, 0.5) is 4.39 Å². The third kappa shape index (κ3) is 3.19. The third-order valence-electron chi connectivity index (χ3n) is 2.83. The molecule has 0 bridgehead atoms. The van der Waals surface area contributed by atoms with Crippen LogP contribution >= 0.6 is 27.5 Å². The van der Waals surface area contributed by atoms with E-state index in [1.54, 1.807) is 31.4 Å². The summed E-state index contributed by atoms with van der Waals surface area (Å²) in [5.74, 6) is -0.316. The van der Waals surface area contributed by atoms with E-state index in [-0.39, 0.29) is 22.8 Å². The van der Waals surface area contributed by atoms with Crippen molar-refractivity contribution in [3.63, 3.8) is 0 Å². The number of carbonyl (C=O) groups excluding carboxylic acids is 1. The molecule has 0 heterocycles. The number of ketones is 1. The summed E-state index contributed by atoms with van der Waals surface area (Å²) >= 11 is 9.02. The van der Waals surface area contributed by atoms with Crippen molar-refractivity contribution in [2.45, 2.75) is 6.42 Å². The van der Waals surface area contributed by atoms with E-state index >= 15 is 0 Å². The van der Waals surface area contributed by atoms with Crippen LogP contribution < -0.4 is 4.74 Å². The maximum absolute atomic E-state index is 13.8. The van der Waals surface area contributed by atoms with Crippen LogP contribution in [0.15, 0.2) is 40.9 Å². The molecule has 5 heteroatoms.